The minimum Gasteiger partial charge on any atom is -0.384 e. The van der Waals surface area contributed by atoms with Crippen molar-refractivity contribution < 1.29 is 17.6 Å². The van der Waals surface area contributed by atoms with E-state index >= 15 is 4.39 Å². The minimum atomic E-state index is -4.15. The minimum absolute atomic E-state index is 0.0175. The Morgan fingerprint density at radius 3 is 2.53 bits per heavy atom. The number of sulfonamides is 1. The van der Waals surface area contributed by atoms with Gasteiger partial charge >= 0.3 is 6.03 Å². The first-order chi connectivity index (χ1) is 17.9. The Hall–Kier alpha value is -3.52. The Morgan fingerprint density at radius 2 is 1.87 bits per heavy atom. The molecule has 0 saturated heterocycles. The average molecular weight is 579 g/mol. The van der Waals surface area contributed by atoms with Gasteiger partial charge in [-0.2, -0.15) is 0 Å². The second-order valence-electron chi connectivity index (χ2n) is 8.55. The number of nitrogens with one attached hydrogen (secondary N) is 3. The number of hydrogen-bond donors (Lipinski definition) is 3. The van der Waals surface area contributed by atoms with Crippen LogP contribution in [0.15, 0.2) is 57.5 Å². The van der Waals surface area contributed by atoms with Crippen molar-refractivity contribution in [2.75, 3.05) is 37.8 Å². The zero-order valence-electron chi connectivity index (χ0n) is 20.6. The zero-order chi connectivity index (χ0) is 27.6. The molecule has 14 heteroatoms. The highest BCUT2D eigenvalue weighted by molar-refractivity contribution is 7.92. The van der Waals surface area contributed by atoms with Crippen LogP contribution in [-0.2, 0) is 10.0 Å². The second kappa shape index (κ2) is 11.1. The van der Waals surface area contributed by atoms with E-state index in [9.17, 15) is 18.0 Å². The van der Waals surface area contributed by atoms with Crippen LogP contribution in [0.1, 0.15) is 5.82 Å². The van der Waals surface area contributed by atoms with Crippen molar-refractivity contribution >= 4 is 61.3 Å². The van der Waals surface area contributed by atoms with E-state index in [0.717, 1.165) is 34.2 Å². The molecule has 200 valence electrons. The van der Waals surface area contributed by atoms with Crippen LogP contribution in [0.5, 0.6) is 0 Å². The van der Waals surface area contributed by atoms with Crippen molar-refractivity contribution in [3.63, 3.8) is 0 Å². The molecule has 38 heavy (non-hydrogen) atoms. The van der Waals surface area contributed by atoms with E-state index in [1.54, 1.807) is 25.1 Å². The number of anilines is 2. The molecule has 4 aromatic rings. The molecule has 0 spiro atoms. The molecule has 0 saturated carbocycles. The van der Waals surface area contributed by atoms with E-state index in [1.807, 2.05) is 23.7 Å². The van der Waals surface area contributed by atoms with E-state index in [0.29, 0.717) is 17.4 Å². The van der Waals surface area contributed by atoms with Gasteiger partial charge in [-0.15, -0.1) is 11.3 Å². The molecule has 2 aromatic heterocycles. The summed E-state index contributed by atoms with van der Waals surface area (Å²) in [6.45, 7) is 3.14. The lowest BCUT2D eigenvalue weighted by Gasteiger charge is -2.14. The number of fused-ring (bicyclic) bond motifs is 1. The first-order valence-electron chi connectivity index (χ1n) is 11.3. The average Bonchev–Trinajstić information content (AvgIpc) is 3.27. The Kier molecular flexibility index (Phi) is 8.02. The topological polar surface area (TPSA) is 125 Å². The number of halogens is 2. The maximum Gasteiger partial charge on any atom is 0.333 e. The summed E-state index contributed by atoms with van der Waals surface area (Å²) in [7, 11) is -0.203. The summed E-state index contributed by atoms with van der Waals surface area (Å²) >= 11 is 6.54. The van der Waals surface area contributed by atoms with Gasteiger partial charge in [-0.3, -0.25) is 9.36 Å². The van der Waals surface area contributed by atoms with Crippen LogP contribution in [0.3, 0.4) is 0 Å². The first-order valence-corrected chi connectivity index (χ1v) is 13.9. The molecule has 0 aliphatic carbocycles. The number of carbonyl (C=O) groups is 1. The molecule has 4 rings (SSSR count). The third kappa shape index (κ3) is 6.13. The lowest BCUT2D eigenvalue weighted by Crippen LogP contribution is -2.34. The molecule has 3 N–H and O–H groups in total. The lowest BCUT2D eigenvalue weighted by molar-refractivity contribution is 0.256. The Morgan fingerprint density at radius 1 is 1.13 bits per heavy atom. The molecule has 0 aliphatic heterocycles. The molecule has 0 bridgehead atoms. The molecule has 2 amide bonds. The van der Waals surface area contributed by atoms with Gasteiger partial charge in [0.15, 0.2) is 0 Å². The summed E-state index contributed by atoms with van der Waals surface area (Å²) in [6, 6.07) is 10.4. The SMILES string of the molecule is Cc1nc2cc(NCCN(C)C)ccc2c(=O)n1-c1ccc(NC(=O)NS(=O)(=O)c2ccc(Cl)s2)cc1F. The number of urea groups is 1. The van der Waals surface area contributed by atoms with E-state index in [2.05, 4.69) is 15.6 Å². The van der Waals surface area contributed by atoms with Crippen LogP contribution in [0.4, 0.5) is 20.6 Å². The fraction of sp³-hybridized carbons (Fsp3) is 0.208. The predicted octanol–water partition coefficient (Wildman–Crippen LogP) is 4.03. The maximum absolute atomic E-state index is 15.1. The number of nitrogens with zero attached hydrogens (tertiary/aromatic N) is 3. The molecule has 0 fully saturated rings. The number of amides is 2. The smallest absolute Gasteiger partial charge is 0.333 e. The number of rotatable bonds is 8. The molecule has 0 aliphatic rings. The van der Waals surface area contributed by atoms with Gasteiger partial charge < -0.3 is 15.5 Å². The van der Waals surface area contributed by atoms with E-state index < -0.39 is 27.4 Å². The van der Waals surface area contributed by atoms with Crippen molar-refractivity contribution in [1.82, 2.24) is 19.2 Å². The summed E-state index contributed by atoms with van der Waals surface area (Å²) in [5.74, 6) is -0.546. The number of benzene rings is 2. The number of aromatic nitrogens is 2. The van der Waals surface area contributed by atoms with Crippen LogP contribution in [0.25, 0.3) is 16.6 Å². The van der Waals surface area contributed by atoms with Crippen LogP contribution in [0.2, 0.25) is 4.34 Å². The summed E-state index contributed by atoms with van der Waals surface area (Å²) in [6.07, 6.45) is 0. The van der Waals surface area contributed by atoms with Crippen LogP contribution in [0, 0.1) is 12.7 Å². The van der Waals surface area contributed by atoms with E-state index in [4.69, 9.17) is 11.6 Å². The number of likely N-dealkylation sites (N-methyl/N-ethyl adjacent to an activating group) is 1. The van der Waals surface area contributed by atoms with Gasteiger partial charge in [-0.1, -0.05) is 11.6 Å². The highest BCUT2D eigenvalue weighted by Gasteiger charge is 2.20. The van der Waals surface area contributed by atoms with Gasteiger partial charge in [0.05, 0.1) is 20.9 Å². The molecule has 2 aromatic carbocycles. The molecule has 10 nitrogen and oxygen atoms in total. The van der Waals surface area contributed by atoms with Gasteiger partial charge in [0.2, 0.25) is 0 Å². The maximum atomic E-state index is 15.1. The fourth-order valence-corrected chi connectivity index (χ4v) is 6.04. The van der Waals surface area contributed by atoms with E-state index in [1.165, 1.54) is 24.3 Å². The number of aryl methyl sites for hydroxylation is 1. The summed E-state index contributed by atoms with van der Waals surface area (Å²) in [5.41, 5.74) is 0.748. The normalized spacial score (nSPS) is 11.6. The van der Waals surface area contributed by atoms with Crippen molar-refractivity contribution in [2.45, 2.75) is 11.1 Å². The van der Waals surface area contributed by atoms with Crippen LogP contribution in [-0.4, -0.2) is 56.1 Å². The van der Waals surface area contributed by atoms with Crippen LogP contribution >= 0.6 is 22.9 Å². The first kappa shape index (κ1) is 27.5. The van der Waals surface area contributed by atoms with Crippen LogP contribution < -0.4 is 20.9 Å². The van der Waals surface area contributed by atoms with Gasteiger partial charge in [0.25, 0.3) is 15.6 Å². The van der Waals surface area contributed by atoms with Gasteiger partial charge in [0, 0.05) is 24.5 Å². The molecule has 0 atom stereocenters. The van der Waals surface area contributed by atoms with Crippen molar-refractivity contribution in [1.29, 1.82) is 0 Å². The highest BCUT2D eigenvalue weighted by Crippen LogP contribution is 2.25. The van der Waals surface area contributed by atoms with Crippen molar-refractivity contribution in [3.05, 3.63) is 74.9 Å². The third-order valence-electron chi connectivity index (χ3n) is 5.41. The number of hydrogen-bond acceptors (Lipinski definition) is 8. The van der Waals surface area contributed by atoms with Gasteiger partial charge in [-0.25, -0.2) is 27.3 Å². The lowest BCUT2D eigenvalue weighted by atomic mass is 10.2. The Bertz CT molecular complexity index is 1690. The molecule has 0 radical (unpaired) electrons. The monoisotopic (exact) mass is 578 g/mol. The van der Waals surface area contributed by atoms with Gasteiger partial charge in [-0.05, 0) is 69.6 Å². The molecule has 2 heterocycles. The summed E-state index contributed by atoms with van der Waals surface area (Å²) in [5, 5.41) is 5.86. The molecular weight excluding hydrogens is 555 g/mol. The molecular formula is C24H24ClFN6O4S2. The molecule has 0 unspecified atom stereocenters. The van der Waals surface area contributed by atoms with E-state index in [-0.39, 0.29) is 25.7 Å². The standard InChI is InChI=1S/C24H24ClFN6O4S2/c1-14-28-19-13-15(27-10-11-31(2)3)4-6-17(19)23(33)32(14)20-7-5-16(12-18(20)26)29-24(34)30-38(35,36)22-9-8-21(25)37-22/h4-9,12-13,27H,10-11H2,1-3H3,(H2,29,30,34). The Balaban J connectivity index is 1.55. The quantitative estimate of drug-likeness (QED) is 0.288. The van der Waals surface area contributed by atoms with Crippen molar-refractivity contribution in [2.24, 2.45) is 0 Å². The van der Waals surface area contributed by atoms with Crippen molar-refractivity contribution in [3.8, 4) is 5.69 Å². The van der Waals surface area contributed by atoms with Gasteiger partial charge in [0.1, 0.15) is 15.9 Å². The fourth-order valence-electron chi connectivity index (χ4n) is 3.65. The zero-order valence-corrected chi connectivity index (χ0v) is 23.0. The second-order valence-corrected chi connectivity index (χ2v) is 12.2. The highest BCUT2D eigenvalue weighted by atomic mass is 35.5. The predicted molar refractivity (Wildman–Crippen MR) is 148 cm³/mol. The third-order valence-corrected chi connectivity index (χ3v) is 8.47. The summed E-state index contributed by atoms with van der Waals surface area (Å²) in [4.78, 5) is 32.0. The Labute approximate surface area is 227 Å². The summed E-state index contributed by atoms with van der Waals surface area (Å²) < 4.78 is 42.8. The number of thiophene rings is 1. The largest absolute Gasteiger partial charge is 0.384 e. The number of carbonyl (C=O) groups excluding carboxylic acids is 1.